The topological polar surface area (TPSA) is 23.5 Å². The summed E-state index contributed by atoms with van der Waals surface area (Å²) in [7, 11) is 0. The minimum absolute atomic E-state index is 0.130. The van der Waals surface area contributed by atoms with Crippen molar-refractivity contribution < 1.29 is 5.11 Å². The normalized spacial score (nSPS) is 19.5. The van der Waals surface area contributed by atoms with E-state index in [0.717, 1.165) is 25.9 Å². The number of aliphatic hydroxyl groups is 1. The number of aryl methyl sites for hydroxylation is 2. The zero-order chi connectivity index (χ0) is 13.7. The number of hydrogen-bond acceptors (Lipinski definition) is 2. The zero-order valence-corrected chi connectivity index (χ0v) is 12.3. The molecule has 1 saturated heterocycles. The van der Waals surface area contributed by atoms with Crippen molar-refractivity contribution in [2.75, 3.05) is 19.6 Å². The third kappa shape index (κ3) is 4.63. The number of benzene rings is 1. The van der Waals surface area contributed by atoms with Gasteiger partial charge in [0.1, 0.15) is 0 Å². The molecule has 0 bridgehead atoms. The summed E-state index contributed by atoms with van der Waals surface area (Å²) >= 11 is 0. The van der Waals surface area contributed by atoms with E-state index in [1.165, 1.54) is 30.5 Å². The quantitative estimate of drug-likeness (QED) is 0.880. The minimum atomic E-state index is -0.130. The fourth-order valence-electron chi connectivity index (χ4n) is 3.03. The molecule has 0 amide bonds. The van der Waals surface area contributed by atoms with Gasteiger partial charge in [0.2, 0.25) is 0 Å². The van der Waals surface area contributed by atoms with Crippen LogP contribution in [0.15, 0.2) is 24.3 Å². The third-order valence-electron chi connectivity index (χ3n) is 4.34. The summed E-state index contributed by atoms with van der Waals surface area (Å²) in [5, 5.41) is 9.60. The van der Waals surface area contributed by atoms with Crippen LogP contribution < -0.4 is 0 Å². The maximum Gasteiger partial charge on any atom is 0.0541 e. The Morgan fingerprint density at radius 2 is 2.05 bits per heavy atom. The van der Waals surface area contributed by atoms with Crippen LogP contribution in [0.1, 0.15) is 37.3 Å². The van der Waals surface area contributed by atoms with Crippen molar-refractivity contribution in [3.05, 3.63) is 35.4 Å². The molecule has 0 aromatic heterocycles. The third-order valence-corrected chi connectivity index (χ3v) is 4.34. The molecule has 1 heterocycles. The van der Waals surface area contributed by atoms with E-state index < -0.39 is 0 Å². The van der Waals surface area contributed by atoms with Gasteiger partial charge in [0, 0.05) is 0 Å². The Kier molecular flexibility index (Phi) is 5.41. The number of nitrogens with zero attached hydrogens (tertiary/aromatic N) is 1. The average molecular weight is 261 g/mol. The lowest BCUT2D eigenvalue weighted by atomic mass is 9.92. The van der Waals surface area contributed by atoms with E-state index in [0.29, 0.717) is 5.92 Å². The largest absolute Gasteiger partial charge is 0.393 e. The Morgan fingerprint density at radius 3 is 2.68 bits per heavy atom. The number of piperidine rings is 1. The van der Waals surface area contributed by atoms with Crippen molar-refractivity contribution in [3.8, 4) is 0 Å². The van der Waals surface area contributed by atoms with Gasteiger partial charge in [-0.05, 0) is 70.6 Å². The fourth-order valence-corrected chi connectivity index (χ4v) is 3.03. The first kappa shape index (κ1) is 14.5. The summed E-state index contributed by atoms with van der Waals surface area (Å²) in [6.45, 7) is 7.59. The zero-order valence-electron chi connectivity index (χ0n) is 12.3. The molecule has 1 aromatic rings. The molecule has 1 aliphatic rings. The number of hydrogen-bond donors (Lipinski definition) is 1. The van der Waals surface area contributed by atoms with Crippen molar-refractivity contribution in [2.24, 2.45) is 5.92 Å². The highest BCUT2D eigenvalue weighted by molar-refractivity contribution is 5.22. The van der Waals surface area contributed by atoms with Gasteiger partial charge in [-0.1, -0.05) is 29.8 Å². The predicted octanol–water partition coefficient (Wildman–Crippen LogP) is 3.02. The number of aliphatic hydroxyl groups excluding tert-OH is 1. The van der Waals surface area contributed by atoms with E-state index in [-0.39, 0.29) is 6.10 Å². The summed E-state index contributed by atoms with van der Waals surface area (Å²) < 4.78 is 0. The monoisotopic (exact) mass is 261 g/mol. The predicted molar refractivity (Wildman–Crippen MR) is 80.3 cm³/mol. The molecule has 0 saturated carbocycles. The van der Waals surface area contributed by atoms with Crippen molar-refractivity contribution in [1.29, 1.82) is 0 Å². The van der Waals surface area contributed by atoms with Crippen molar-refractivity contribution in [2.45, 2.75) is 45.6 Å². The van der Waals surface area contributed by atoms with Crippen LogP contribution in [-0.2, 0) is 6.42 Å². The van der Waals surface area contributed by atoms with Gasteiger partial charge in [0.15, 0.2) is 0 Å². The second kappa shape index (κ2) is 7.06. The van der Waals surface area contributed by atoms with E-state index in [4.69, 9.17) is 0 Å². The van der Waals surface area contributed by atoms with Gasteiger partial charge in [-0.2, -0.15) is 0 Å². The summed E-state index contributed by atoms with van der Waals surface area (Å²) in [6.07, 6.45) is 4.60. The lowest BCUT2D eigenvalue weighted by molar-refractivity contribution is 0.0716. The molecule has 2 nitrogen and oxygen atoms in total. The molecule has 106 valence electrons. The molecule has 0 spiro atoms. The van der Waals surface area contributed by atoms with Gasteiger partial charge in [-0.3, -0.25) is 0 Å². The molecule has 0 radical (unpaired) electrons. The molecule has 19 heavy (non-hydrogen) atoms. The first-order chi connectivity index (χ1) is 9.15. The second-order valence-corrected chi connectivity index (χ2v) is 6.01. The van der Waals surface area contributed by atoms with Crippen molar-refractivity contribution >= 4 is 0 Å². The van der Waals surface area contributed by atoms with E-state index >= 15 is 0 Å². The minimum Gasteiger partial charge on any atom is -0.393 e. The smallest absolute Gasteiger partial charge is 0.0541 e. The maximum absolute atomic E-state index is 9.60. The van der Waals surface area contributed by atoms with E-state index in [2.05, 4.69) is 36.1 Å². The van der Waals surface area contributed by atoms with Gasteiger partial charge in [0.25, 0.3) is 0 Å². The highest BCUT2D eigenvalue weighted by Crippen LogP contribution is 2.20. The number of rotatable bonds is 5. The average Bonchev–Trinajstić information content (AvgIpc) is 2.39. The van der Waals surface area contributed by atoms with Gasteiger partial charge in [-0.25, -0.2) is 0 Å². The molecule has 1 aromatic carbocycles. The molecule has 1 aliphatic heterocycles. The highest BCUT2D eigenvalue weighted by atomic mass is 16.3. The van der Waals surface area contributed by atoms with Gasteiger partial charge < -0.3 is 10.0 Å². The standard InChI is InChI=1S/C17H27NO/c1-14-5-3-6-16(13-14)7-4-10-18-11-8-17(9-12-18)15(2)19/h3,5-6,13,15,17,19H,4,7-12H2,1-2H3. The Balaban J connectivity index is 1.67. The van der Waals surface area contributed by atoms with Gasteiger partial charge >= 0.3 is 0 Å². The lowest BCUT2D eigenvalue weighted by Gasteiger charge is -2.33. The van der Waals surface area contributed by atoms with Crippen LogP contribution in [0, 0.1) is 12.8 Å². The van der Waals surface area contributed by atoms with E-state index in [9.17, 15) is 5.11 Å². The second-order valence-electron chi connectivity index (χ2n) is 6.01. The van der Waals surface area contributed by atoms with Crippen LogP contribution in [0.2, 0.25) is 0 Å². The lowest BCUT2D eigenvalue weighted by Crippen LogP contribution is -2.37. The molecule has 1 atom stereocenters. The van der Waals surface area contributed by atoms with Crippen LogP contribution in [-0.4, -0.2) is 35.7 Å². The van der Waals surface area contributed by atoms with E-state index in [1.54, 1.807) is 0 Å². The SMILES string of the molecule is Cc1cccc(CCCN2CCC(C(C)O)CC2)c1. The summed E-state index contributed by atoms with van der Waals surface area (Å²) in [5.41, 5.74) is 2.81. The Morgan fingerprint density at radius 1 is 1.32 bits per heavy atom. The van der Waals surface area contributed by atoms with Crippen LogP contribution in [0.4, 0.5) is 0 Å². The Hall–Kier alpha value is -0.860. The Labute approximate surface area is 117 Å². The van der Waals surface area contributed by atoms with Crippen molar-refractivity contribution in [3.63, 3.8) is 0 Å². The summed E-state index contributed by atoms with van der Waals surface area (Å²) in [5.74, 6) is 0.521. The van der Waals surface area contributed by atoms with Crippen LogP contribution >= 0.6 is 0 Å². The van der Waals surface area contributed by atoms with Gasteiger partial charge in [0.05, 0.1) is 6.10 Å². The van der Waals surface area contributed by atoms with E-state index in [1.807, 2.05) is 6.92 Å². The molecular formula is C17H27NO. The van der Waals surface area contributed by atoms with Crippen molar-refractivity contribution in [1.82, 2.24) is 4.90 Å². The fraction of sp³-hybridized carbons (Fsp3) is 0.647. The molecular weight excluding hydrogens is 234 g/mol. The number of likely N-dealkylation sites (tertiary alicyclic amines) is 1. The van der Waals surface area contributed by atoms with Gasteiger partial charge in [-0.15, -0.1) is 0 Å². The molecule has 1 N–H and O–H groups in total. The maximum atomic E-state index is 9.60. The first-order valence-corrected chi connectivity index (χ1v) is 7.61. The Bertz CT molecular complexity index is 381. The summed E-state index contributed by atoms with van der Waals surface area (Å²) in [4.78, 5) is 2.55. The summed E-state index contributed by atoms with van der Waals surface area (Å²) in [6, 6.07) is 8.83. The molecule has 0 aliphatic carbocycles. The highest BCUT2D eigenvalue weighted by Gasteiger charge is 2.21. The molecule has 1 fully saturated rings. The van der Waals surface area contributed by atoms with Crippen LogP contribution in [0.5, 0.6) is 0 Å². The molecule has 2 heteroatoms. The first-order valence-electron chi connectivity index (χ1n) is 7.61. The molecule has 1 unspecified atom stereocenters. The molecule has 2 rings (SSSR count). The van der Waals surface area contributed by atoms with Crippen LogP contribution in [0.3, 0.4) is 0 Å². The van der Waals surface area contributed by atoms with Crippen LogP contribution in [0.25, 0.3) is 0 Å².